The standard InChI is InChI=1S/C11H17N/c1-8-5-9(2)11(7-12-4)10(3)6-8/h6,12H,2,5,7H2,1,3-4H3. The third kappa shape index (κ3) is 1.86. The summed E-state index contributed by atoms with van der Waals surface area (Å²) in [6, 6.07) is 0. The second-order valence-corrected chi connectivity index (χ2v) is 3.46. The van der Waals surface area contributed by atoms with Gasteiger partial charge in [0.15, 0.2) is 0 Å². The number of nitrogens with one attached hydrogen (secondary N) is 1. The maximum Gasteiger partial charge on any atom is 0.0207 e. The molecule has 0 aromatic carbocycles. The van der Waals surface area contributed by atoms with Crippen LogP contribution in [0.15, 0.2) is 34.9 Å². The van der Waals surface area contributed by atoms with E-state index in [2.05, 4.69) is 31.8 Å². The van der Waals surface area contributed by atoms with E-state index < -0.39 is 0 Å². The monoisotopic (exact) mass is 163 g/mol. The molecule has 0 spiro atoms. The molecule has 1 nitrogen and oxygen atoms in total. The zero-order valence-electron chi connectivity index (χ0n) is 8.20. The van der Waals surface area contributed by atoms with E-state index in [1.807, 2.05) is 7.05 Å². The predicted molar refractivity (Wildman–Crippen MR) is 54.1 cm³/mol. The van der Waals surface area contributed by atoms with Crippen LogP contribution in [0.3, 0.4) is 0 Å². The molecule has 0 atom stereocenters. The molecule has 1 heteroatoms. The van der Waals surface area contributed by atoms with Gasteiger partial charge in [-0.3, -0.25) is 0 Å². The molecule has 0 radical (unpaired) electrons. The van der Waals surface area contributed by atoms with Crippen LogP contribution in [0, 0.1) is 0 Å². The van der Waals surface area contributed by atoms with Gasteiger partial charge >= 0.3 is 0 Å². The van der Waals surface area contributed by atoms with Crippen molar-refractivity contribution in [2.75, 3.05) is 13.6 Å². The molecular formula is C11H17N. The fourth-order valence-corrected chi connectivity index (χ4v) is 1.67. The van der Waals surface area contributed by atoms with Crippen molar-refractivity contribution in [3.05, 3.63) is 34.9 Å². The molecule has 0 heterocycles. The first-order valence-corrected chi connectivity index (χ1v) is 4.35. The minimum atomic E-state index is 0.939. The Morgan fingerprint density at radius 1 is 1.50 bits per heavy atom. The Morgan fingerprint density at radius 2 is 2.17 bits per heavy atom. The first-order chi connectivity index (χ1) is 5.65. The van der Waals surface area contributed by atoms with E-state index in [0.29, 0.717) is 0 Å². The number of likely N-dealkylation sites (N-methyl/N-ethyl adjacent to an activating group) is 1. The topological polar surface area (TPSA) is 12.0 Å². The lowest BCUT2D eigenvalue weighted by atomic mass is 9.90. The SMILES string of the molecule is C=C1CC(C)=CC(C)=C1CNC. The molecule has 66 valence electrons. The van der Waals surface area contributed by atoms with Gasteiger partial charge in [-0.15, -0.1) is 0 Å². The molecule has 0 saturated heterocycles. The fraction of sp³-hybridized carbons (Fsp3) is 0.455. The molecule has 0 saturated carbocycles. The number of allylic oxidation sites excluding steroid dienone is 3. The first kappa shape index (κ1) is 9.27. The van der Waals surface area contributed by atoms with Gasteiger partial charge in [-0.25, -0.2) is 0 Å². The molecule has 0 fully saturated rings. The number of hydrogen-bond donors (Lipinski definition) is 1. The Balaban J connectivity index is 2.91. The molecule has 1 N–H and O–H groups in total. The van der Waals surface area contributed by atoms with Crippen LogP contribution in [-0.4, -0.2) is 13.6 Å². The quantitative estimate of drug-likeness (QED) is 0.659. The van der Waals surface area contributed by atoms with E-state index in [1.165, 1.54) is 22.3 Å². The van der Waals surface area contributed by atoms with Crippen LogP contribution in [0.25, 0.3) is 0 Å². The van der Waals surface area contributed by atoms with Gasteiger partial charge in [-0.05, 0) is 44.0 Å². The molecule has 0 aromatic heterocycles. The Bertz CT molecular complexity index is 256. The molecule has 1 aliphatic carbocycles. The van der Waals surface area contributed by atoms with Crippen molar-refractivity contribution < 1.29 is 0 Å². The van der Waals surface area contributed by atoms with E-state index in [4.69, 9.17) is 0 Å². The van der Waals surface area contributed by atoms with Crippen molar-refractivity contribution in [2.45, 2.75) is 20.3 Å². The number of rotatable bonds is 2. The van der Waals surface area contributed by atoms with Gasteiger partial charge in [0.25, 0.3) is 0 Å². The van der Waals surface area contributed by atoms with Crippen LogP contribution in [0.4, 0.5) is 0 Å². The predicted octanol–water partition coefficient (Wildman–Crippen LogP) is 2.43. The van der Waals surface area contributed by atoms with E-state index in [0.717, 1.165) is 13.0 Å². The van der Waals surface area contributed by atoms with Crippen molar-refractivity contribution >= 4 is 0 Å². The highest BCUT2D eigenvalue weighted by Crippen LogP contribution is 2.26. The normalized spacial score (nSPS) is 18.2. The zero-order chi connectivity index (χ0) is 9.14. The largest absolute Gasteiger partial charge is 0.316 e. The molecule has 12 heavy (non-hydrogen) atoms. The van der Waals surface area contributed by atoms with Crippen LogP contribution < -0.4 is 5.32 Å². The van der Waals surface area contributed by atoms with Crippen molar-refractivity contribution in [1.29, 1.82) is 0 Å². The van der Waals surface area contributed by atoms with Crippen LogP contribution >= 0.6 is 0 Å². The summed E-state index contributed by atoms with van der Waals surface area (Å²) in [4.78, 5) is 0. The van der Waals surface area contributed by atoms with Gasteiger partial charge in [-0.1, -0.05) is 18.2 Å². The van der Waals surface area contributed by atoms with Gasteiger partial charge < -0.3 is 5.32 Å². The molecule has 0 unspecified atom stereocenters. The molecule has 1 aliphatic rings. The first-order valence-electron chi connectivity index (χ1n) is 4.35. The van der Waals surface area contributed by atoms with Crippen molar-refractivity contribution in [1.82, 2.24) is 5.32 Å². The third-order valence-corrected chi connectivity index (χ3v) is 2.21. The van der Waals surface area contributed by atoms with Crippen molar-refractivity contribution in [3.63, 3.8) is 0 Å². The highest BCUT2D eigenvalue weighted by Gasteiger charge is 2.10. The lowest BCUT2D eigenvalue weighted by Gasteiger charge is -2.18. The van der Waals surface area contributed by atoms with Crippen LogP contribution in [-0.2, 0) is 0 Å². The number of hydrogen-bond acceptors (Lipinski definition) is 1. The maximum absolute atomic E-state index is 4.08. The lowest BCUT2D eigenvalue weighted by molar-refractivity contribution is 0.861. The summed E-state index contributed by atoms with van der Waals surface area (Å²) < 4.78 is 0. The molecule has 0 amide bonds. The smallest absolute Gasteiger partial charge is 0.0207 e. The van der Waals surface area contributed by atoms with Gasteiger partial charge in [0, 0.05) is 6.54 Å². The summed E-state index contributed by atoms with van der Waals surface area (Å²) in [5, 5.41) is 3.17. The average Bonchev–Trinajstić information content (AvgIpc) is 1.96. The van der Waals surface area contributed by atoms with Gasteiger partial charge in [0.1, 0.15) is 0 Å². The van der Waals surface area contributed by atoms with E-state index in [1.54, 1.807) is 0 Å². The Kier molecular flexibility index (Phi) is 2.88. The van der Waals surface area contributed by atoms with Crippen molar-refractivity contribution in [2.24, 2.45) is 0 Å². The van der Waals surface area contributed by atoms with E-state index in [9.17, 15) is 0 Å². The summed E-state index contributed by atoms with van der Waals surface area (Å²) in [7, 11) is 1.97. The lowest BCUT2D eigenvalue weighted by Crippen LogP contribution is -2.14. The maximum atomic E-state index is 4.08. The van der Waals surface area contributed by atoms with E-state index in [-0.39, 0.29) is 0 Å². The average molecular weight is 163 g/mol. The van der Waals surface area contributed by atoms with Crippen LogP contribution in [0.1, 0.15) is 20.3 Å². The third-order valence-electron chi connectivity index (χ3n) is 2.21. The zero-order valence-corrected chi connectivity index (χ0v) is 8.20. The summed E-state index contributed by atoms with van der Waals surface area (Å²) in [5.74, 6) is 0. The van der Waals surface area contributed by atoms with Crippen LogP contribution in [0.2, 0.25) is 0 Å². The Labute approximate surface area is 74.9 Å². The fourth-order valence-electron chi connectivity index (χ4n) is 1.67. The summed E-state index contributed by atoms with van der Waals surface area (Å²) in [5.41, 5.74) is 5.42. The van der Waals surface area contributed by atoms with Gasteiger partial charge in [-0.2, -0.15) is 0 Å². The molecule has 0 bridgehead atoms. The molecule has 1 rings (SSSR count). The van der Waals surface area contributed by atoms with Crippen molar-refractivity contribution in [3.8, 4) is 0 Å². The second kappa shape index (κ2) is 3.72. The summed E-state index contributed by atoms with van der Waals surface area (Å²) >= 11 is 0. The summed E-state index contributed by atoms with van der Waals surface area (Å²) in [6.07, 6.45) is 3.29. The van der Waals surface area contributed by atoms with Gasteiger partial charge in [0.05, 0.1) is 0 Å². The van der Waals surface area contributed by atoms with Gasteiger partial charge in [0.2, 0.25) is 0 Å². The Hall–Kier alpha value is -0.820. The minimum Gasteiger partial charge on any atom is -0.316 e. The minimum absolute atomic E-state index is 0.939. The highest BCUT2D eigenvalue weighted by atomic mass is 14.8. The second-order valence-electron chi connectivity index (χ2n) is 3.46. The van der Waals surface area contributed by atoms with Crippen LogP contribution in [0.5, 0.6) is 0 Å². The van der Waals surface area contributed by atoms with E-state index >= 15 is 0 Å². The highest BCUT2D eigenvalue weighted by molar-refractivity contribution is 5.46. The molecule has 0 aromatic rings. The summed E-state index contributed by atoms with van der Waals surface area (Å²) in [6.45, 7) is 9.33. The molecular weight excluding hydrogens is 146 g/mol. The molecule has 0 aliphatic heterocycles. The Morgan fingerprint density at radius 3 is 2.67 bits per heavy atom.